The summed E-state index contributed by atoms with van der Waals surface area (Å²) in [5.41, 5.74) is 2.02. The average Bonchev–Trinajstić information content (AvgIpc) is 2.74. The number of carbonyl (C=O) groups is 1. The molecular formula is C23H26F2N2O2. The molecular weight excluding hydrogens is 374 g/mol. The van der Waals surface area contributed by atoms with Crippen LogP contribution in [0.4, 0.5) is 13.6 Å². The largest absolute Gasteiger partial charge is 0.449 e. The molecule has 29 heavy (non-hydrogen) atoms. The molecule has 2 aromatic rings. The molecule has 154 valence electrons. The lowest BCUT2D eigenvalue weighted by Gasteiger charge is -2.37. The Balaban J connectivity index is 1.58. The van der Waals surface area contributed by atoms with Crippen LogP contribution < -0.4 is 0 Å². The molecule has 0 spiro atoms. The smallest absolute Gasteiger partial charge is 0.410 e. The minimum atomic E-state index is -0.915. The van der Waals surface area contributed by atoms with Gasteiger partial charge in [-0.25, -0.2) is 13.6 Å². The van der Waals surface area contributed by atoms with Gasteiger partial charge in [0.05, 0.1) is 12.6 Å². The third-order valence-corrected chi connectivity index (χ3v) is 6.07. The minimum Gasteiger partial charge on any atom is -0.449 e. The van der Waals surface area contributed by atoms with Crippen LogP contribution in [0.2, 0.25) is 0 Å². The van der Waals surface area contributed by atoms with Gasteiger partial charge in [-0.2, -0.15) is 0 Å². The zero-order valence-electron chi connectivity index (χ0n) is 16.6. The fraction of sp³-hybridized carbons (Fsp3) is 0.435. The summed E-state index contributed by atoms with van der Waals surface area (Å²) in [6.45, 7) is 2.76. The number of hydrogen-bond acceptors (Lipinski definition) is 3. The fourth-order valence-corrected chi connectivity index (χ4v) is 4.33. The number of piperidine rings is 1. The first-order chi connectivity index (χ1) is 14.0. The monoisotopic (exact) mass is 400 g/mol. The highest BCUT2D eigenvalue weighted by Gasteiger charge is 2.35. The number of benzene rings is 2. The number of rotatable bonds is 3. The van der Waals surface area contributed by atoms with Crippen LogP contribution in [0.1, 0.15) is 35.6 Å². The summed E-state index contributed by atoms with van der Waals surface area (Å²) in [5, 5.41) is 0. The van der Waals surface area contributed by atoms with Crippen molar-refractivity contribution in [2.45, 2.75) is 25.3 Å². The molecule has 0 aromatic heterocycles. The quantitative estimate of drug-likeness (QED) is 0.766. The van der Waals surface area contributed by atoms with Gasteiger partial charge in [0.25, 0.3) is 0 Å². The molecule has 4 nitrogen and oxygen atoms in total. The Kier molecular flexibility index (Phi) is 5.81. The summed E-state index contributed by atoms with van der Waals surface area (Å²) in [5.74, 6) is -1.48. The van der Waals surface area contributed by atoms with Crippen molar-refractivity contribution in [2.75, 3.05) is 33.3 Å². The van der Waals surface area contributed by atoms with E-state index in [1.807, 2.05) is 24.3 Å². The summed E-state index contributed by atoms with van der Waals surface area (Å²) in [6, 6.07) is 11.1. The minimum absolute atomic E-state index is 0.161. The van der Waals surface area contributed by atoms with Gasteiger partial charge >= 0.3 is 6.09 Å². The lowest BCUT2D eigenvalue weighted by atomic mass is 9.88. The van der Waals surface area contributed by atoms with E-state index in [1.165, 1.54) is 11.0 Å². The SMILES string of the molecule is CN1CCC(COC(=O)N2CCc3ccccc3[C@@H]2c2cccc(F)c2F)CC1. The summed E-state index contributed by atoms with van der Waals surface area (Å²) < 4.78 is 34.3. The maximum atomic E-state index is 14.7. The van der Waals surface area contributed by atoms with Crippen LogP contribution in [0.5, 0.6) is 0 Å². The van der Waals surface area contributed by atoms with E-state index in [-0.39, 0.29) is 5.56 Å². The van der Waals surface area contributed by atoms with Crippen LogP contribution in [0, 0.1) is 17.6 Å². The van der Waals surface area contributed by atoms with Crippen molar-refractivity contribution < 1.29 is 18.3 Å². The van der Waals surface area contributed by atoms with E-state index >= 15 is 0 Å². The van der Waals surface area contributed by atoms with Gasteiger partial charge in [-0.1, -0.05) is 36.4 Å². The molecule has 2 aromatic carbocycles. The van der Waals surface area contributed by atoms with Crippen LogP contribution >= 0.6 is 0 Å². The number of amides is 1. The predicted octanol–water partition coefficient (Wildman–Crippen LogP) is 4.39. The van der Waals surface area contributed by atoms with Crippen molar-refractivity contribution >= 4 is 6.09 Å². The molecule has 2 heterocycles. The Morgan fingerprint density at radius 2 is 1.76 bits per heavy atom. The van der Waals surface area contributed by atoms with Gasteiger partial charge in [0.2, 0.25) is 0 Å². The topological polar surface area (TPSA) is 32.8 Å². The molecule has 1 saturated heterocycles. The van der Waals surface area contributed by atoms with Crippen molar-refractivity contribution in [1.82, 2.24) is 9.80 Å². The van der Waals surface area contributed by atoms with Gasteiger partial charge in [-0.3, -0.25) is 4.90 Å². The Hall–Kier alpha value is -2.47. The first kappa shape index (κ1) is 19.8. The van der Waals surface area contributed by atoms with Crippen molar-refractivity contribution in [3.63, 3.8) is 0 Å². The van der Waals surface area contributed by atoms with Gasteiger partial charge < -0.3 is 9.64 Å². The van der Waals surface area contributed by atoms with Crippen LogP contribution in [-0.4, -0.2) is 49.2 Å². The summed E-state index contributed by atoms with van der Waals surface area (Å²) >= 11 is 0. The van der Waals surface area contributed by atoms with Gasteiger partial charge in [-0.05, 0) is 62.5 Å². The van der Waals surface area contributed by atoms with Crippen LogP contribution in [0.15, 0.2) is 42.5 Å². The zero-order valence-corrected chi connectivity index (χ0v) is 16.6. The molecule has 0 bridgehead atoms. The lowest BCUT2D eigenvalue weighted by Crippen LogP contribution is -2.42. The molecule has 1 fully saturated rings. The van der Waals surface area contributed by atoms with E-state index in [9.17, 15) is 13.6 Å². The highest BCUT2D eigenvalue weighted by atomic mass is 19.2. The highest BCUT2D eigenvalue weighted by molar-refractivity contribution is 5.70. The van der Waals surface area contributed by atoms with Gasteiger partial charge in [-0.15, -0.1) is 0 Å². The third kappa shape index (κ3) is 4.13. The maximum Gasteiger partial charge on any atom is 0.410 e. The first-order valence-electron chi connectivity index (χ1n) is 10.2. The standard InChI is InChI=1S/C23H26F2N2O2/c1-26-12-9-16(10-13-26)15-29-23(28)27-14-11-17-5-2-3-6-18(17)22(27)19-7-4-8-20(24)21(19)25/h2-8,16,22H,9-15H2,1H3/t22-/m1/s1. The second-order valence-electron chi connectivity index (χ2n) is 8.01. The van der Waals surface area contributed by atoms with Gasteiger partial charge in [0.1, 0.15) is 0 Å². The number of ether oxygens (including phenoxy) is 1. The molecule has 0 unspecified atom stereocenters. The number of halogens is 2. The zero-order chi connectivity index (χ0) is 20.4. The summed E-state index contributed by atoms with van der Waals surface area (Å²) in [4.78, 5) is 16.8. The number of fused-ring (bicyclic) bond motifs is 1. The number of nitrogens with zero attached hydrogens (tertiary/aromatic N) is 2. The molecule has 6 heteroatoms. The average molecular weight is 400 g/mol. The van der Waals surface area contributed by atoms with Crippen molar-refractivity contribution in [2.24, 2.45) is 5.92 Å². The molecule has 0 radical (unpaired) electrons. The van der Waals surface area contributed by atoms with E-state index < -0.39 is 23.8 Å². The summed E-state index contributed by atoms with van der Waals surface area (Å²) in [7, 11) is 2.09. The summed E-state index contributed by atoms with van der Waals surface area (Å²) in [6.07, 6.45) is 2.18. The van der Waals surface area contributed by atoms with E-state index in [0.29, 0.717) is 25.5 Å². The second kappa shape index (κ2) is 8.49. The Labute approximate surface area is 170 Å². The molecule has 0 aliphatic carbocycles. The van der Waals surface area contributed by atoms with Gasteiger partial charge in [0, 0.05) is 12.1 Å². The normalized spacial score (nSPS) is 20.4. The van der Waals surface area contributed by atoms with E-state index in [2.05, 4.69) is 11.9 Å². The maximum absolute atomic E-state index is 14.7. The fourth-order valence-electron chi connectivity index (χ4n) is 4.33. The molecule has 2 aliphatic heterocycles. The van der Waals surface area contributed by atoms with Crippen molar-refractivity contribution in [3.05, 3.63) is 70.8 Å². The Morgan fingerprint density at radius 1 is 1.03 bits per heavy atom. The van der Waals surface area contributed by atoms with Crippen molar-refractivity contribution in [3.8, 4) is 0 Å². The van der Waals surface area contributed by atoms with E-state index in [4.69, 9.17) is 4.74 Å². The third-order valence-electron chi connectivity index (χ3n) is 6.07. The number of hydrogen-bond donors (Lipinski definition) is 0. The molecule has 1 amide bonds. The van der Waals surface area contributed by atoms with Crippen LogP contribution in [-0.2, 0) is 11.2 Å². The number of likely N-dealkylation sites (tertiary alicyclic amines) is 1. The second-order valence-corrected chi connectivity index (χ2v) is 8.01. The van der Waals surface area contributed by atoms with E-state index in [1.54, 1.807) is 6.07 Å². The lowest BCUT2D eigenvalue weighted by molar-refractivity contribution is 0.0634. The van der Waals surface area contributed by atoms with Gasteiger partial charge in [0.15, 0.2) is 11.6 Å². The highest BCUT2D eigenvalue weighted by Crippen LogP contribution is 2.37. The van der Waals surface area contributed by atoms with Crippen molar-refractivity contribution in [1.29, 1.82) is 0 Å². The molecule has 4 rings (SSSR count). The Morgan fingerprint density at radius 3 is 2.55 bits per heavy atom. The molecule has 0 saturated carbocycles. The first-order valence-corrected chi connectivity index (χ1v) is 10.2. The van der Waals surface area contributed by atoms with Crippen LogP contribution in [0.3, 0.4) is 0 Å². The van der Waals surface area contributed by atoms with E-state index in [0.717, 1.165) is 43.1 Å². The molecule has 0 N–H and O–H groups in total. The molecule has 1 atom stereocenters. The molecule has 2 aliphatic rings. The number of carbonyl (C=O) groups excluding carboxylic acids is 1. The predicted molar refractivity (Wildman–Crippen MR) is 107 cm³/mol. The van der Waals surface area contributed by atoms with Crippen LogP contribution in [0.25, 0.3) is 0 Å². The Bertz CT molecular complexity index is 881.